The number of carbonyl (C=O) groups is 1. The van der Waals surface area contributed by atoms with Crippen molar-refractivity contribution in [2.45, 2.75) is 31.4 Å². The van der Waals surface area contributed by atoms with Gasteiger partial charge in [0, 0.05) is 30.9 Å². The summed E-state index contributed by atoms with van der Waals surface area (Å²) >= 11 is 1.63. The van der Waals surface area contributed by atoms with Crippen LogP contribution in [0.5, 0.6) is 0 Å². The fourth-order valence-corrected chi connectivity index (χ4v) is 3.77. The number of methoxy groups -OCH3 is 1. The zero-order valence-corrected chi connectivity index (χ0v) is 13.5. The molecule has 1 aliphatic rings. The Bertz CT molecular complexity index is 600. The van der Waals surface area contributed by atoms with Crippen LogP contribution in [0.4, 0.5) is 0 Å². The molecule has 1 aliphatic heterocycles. The molecular formula is C17H20N2O2S. The summed E-state index contributed by atoms with van der Waals surface area (Å²) < 4.78 is 5.60. The molecule has 0 radical (unpaired) electrons. The highest BCUT2D eigenvalue weighted by atomic mass is 32.1. The fourth-order valence-electron chi connectivity index (χ4n) is 3.08. The average molecular weight is 316 g/mol. The van der Waals surface area contributed by atoms with Gasteiger partial charge in [0.2, 0.25) is 5.91 Å². The lowest BCUT2D eigenvalue weighted by Gasteiger charge is -2.27. The van der Waals surface area contributed by atoms with Crippen LogP contribution in [0.25, 0.3) is 0 Å². The third kappa shape index (κ3) is 3.36. The first-order chi connectivity index (χ1) is 10.8. The van der Waals surface area contributed by atoms with Gasteiger partial charge in [-0.2, -0.15) is 0 Å². The third-order valence-electron chi connectivity index (χ3n) is 4.18. The largest absolute Gasteiger partial charge is 0.379 e. The number of carbonyl (C=O) groups excluding carboxylic acids is 1. The number of rotatable bonds is 5. The van der Waals surface area contributed by atoms with Gasteiger partial charge in [0.1, 0.15) is 0 Å². The van der Waals surface area contributed by atoms with E-state index in [0.717, 1.165) is 29.8 Å². The minimum atomic E-state index is 0.0988. The van der Waals surface area contributed by atoms with Crippen LogP contribution in [0.1, 0.15) is 16.9 Å². The zero-order valence-electron chi connectivity index (χ0n) is 12.6. The van der Waals surface area contributed by atoms with Crippen molar-refractivity contribution in [3.8, 4) is 0 Å². The minimum absolute atomic E-state index is 0.0988. The molecule has 1 saturated heterocycles. The number of thiophene rings is 1. The topological polar surface area (TPSA) is 42.4 Å². The highest BCUT2D eigenvalue weighted by Gasteiger charge is 2.37. The molecule has 116 valence electrons. The van der Waals surface area contributed by atoms with Crippen LogP contribution in [0.3, 0.4) is 0 Å². The van der Waals surface area contributed by atoms with Gasteiger partial charge in [-0.05, 0) is 35.9 Å². The summed E-state index contributed by atoms with van der Waals surface area (Å²) in [7, 11) is 1.73. The maximum atomic E-state index is 12.6. The van der Waals surface area contributed by atoms with Gasteiger partial charge in [0.25, 0.3) is 0 Å². The van der Waals surface area contributed by atoms with E-state index in [1.54, 1.807) is 24.6 Å². The Morgan fingerprint density at radius 1 is 1.45 bits per heavy atom. The second kappa shape index (κ2) is 7.03. The standard InChI is InChI=1S/C17H20N2O2S/c1-21-16-6-8-19(17(20)11-14-5-3-9-22-14)15(16)10-13-4-2-7-18-12-13/h2-5,7,9,12,15-16H,6,8,10-11H2,1H3/t15-,16-/m1/s1. The van der Waals surface area contributed by atoms with Crippen LogP contribution in [0.2, 0.25) is 0 Å². The van der Waals surface area contributed by atoms with E-state index < -0.39 is 0 Å². The summed E-state index contributed by atoms with van der Waals surface area (Å²) in [6, 6.07) is 8.09. The summed E-state index contributed by atoms with van der Waals surface area (Å²) in [5, 5.41) is 2.01. The molecule has 1 amide bonds. The predicted octanol–water partition coefficient (Wildman–Crippen LogP) is 2.54. The Morgan fingerprint density at radius 3 is 3.05 bits per heavy atom. The quantitative estimate of drug-likeness (QED) is 0.851. The lowest BCUT2D eigenvalue weighted by atomic mass is 10.0. The molecule has 0 N–H and O–H groups in total. The molecule has 5 heteroatoms. The van der Waals surface area contributed by atoms with E-state index in [1.165, 1.54) is 0 Å². The minimum Gasteiger partial charge on any atom is -0.379 e. The molecule has 22 heavy (non-hydrogen) atoms. The fraction of sp³-hybridized carbons (Fsp3) is 0.412. The molecule has 2 atom stereocenters. The highest BCUT2D eigenvalue weighted by molar-refractivity contribution is 7.10. The monoisotopic (exact) mass is 316 g/mol. The number of hydrogen-bond acceptors (Lipinski definition) is 4. The Balaban J connectivity index is 1.72. The number of nitrogens with zero attached hydrogens (tertiary/aromatic N) is 2. The van der Waals surface area contributed by atoms with Gasteiger partial charge in [-0.1, -0.05) is 12.1 Å². The van der Waals surface area contributed by atoms with E-state index in [0.29, 0.717) is 6.42 Å². The van der Waals surface area contributed by atoms with Crippen molar-refractivity contribution in [1.82, 2.24) is 9.88 Å². The Kier molecular flexibility index (Phi) is 4.85. The van der Waals surface area contributed by atoms with E-state index in [1.807, 2.05) is 34.7 Å². The van der Waals surface area contributed by atoms with Gasteiger partial charge in [0.15, 0.2) is 0 Å². The van der Waals surface area contributed by atoms with Crippen LogP contribution >= 0.6 is 11.3 Å². The number of amides is 1. The molecule has 0 unspecified atom stereocenters. The van der Waals surface area contributed by atoms with E-state index >= 15 is 0 Å². The number of aromatic nitrogens is 1. The van der Waals surface area contributed by atoms with E-state index in [2.05, 4.69) is 11.1 Å². The van der Waals surface area contributed by atoms with Crippen molar-refractivity contribution in [1.29, 1.82) is 0 Å². The smallest absolute Gasteiger partial charge is 0.228 e. The number of pyridine rings is 1. The van der Waals surface area contributed by atoms with Crippen molar-refractivity contribution in [3.05, 3.63) is 52.5 Å². The van der Waals surface area contributed by atoms with Crippen LogP contribution < -0.4 is 0 Å². The summed E-state index contributed by atoms with van der Waals surface area (Å²) in [5.41, 5.74) is 1.14. The van der Waals surface area contributed by atoms with Crippen LogP contribution in [-0.4, -0.2) is 41.6 Å². The van der Waals surface area contributed by atoms with Gasteiger partial charge in [-0.15, -0.1) is 11.3 Å². The average Bonchev–Trinajstić information content (AvgIpc) is 3.18. The lowest BCUT2D eigenvalue weighted by molar-refractivity contribution is -0.132. The second-order valence-corrected chi connectivity index (χ2v) is 6.57. The summed E-state index contributed by atoms with van der Waals surface area (Å²) in [6.07, 6.45) is 5.92. The molecule has 0 spiro atoms. The number of hydrogen-bond donors (Lipinski definition) is 0. The second-order valence-electron chi connectivity index (χ2n) is 5.54. The van der Waals surface area contributed by atoms with Gasteiger partial charge in [-0.25, -0.2) is 0 Å². The zero-order chi connectivity index (χ0) is 15.4. The molecule has 3 heterocycles. The third-order valence-corrected chi connectivity index (χ3v) is 5.06. The highest BCUT2D eigenvalue weighted by Crippen LogP contribution is 2.25. The van der Waals surface area contributed by atoms with Gasteiger partial charge >= 0.3 is 0 Å². The maximum absolute atomic E-state index is 12.6. The molecule has 2 aromatic rings. The first-order valence-corrected chi connectivity index (χ1v) is 8.39. The van der Waals surface area contributed by atoms with Crippen LogP contribution in [0.15, 0.2) is 42.0 Å². The Morgan fingerprint density at radius 2 is 2.36 bits per heavy atom. The molecule has 2 aromatic heterocycles. The predicted molar refractivity (Wildman–Crippen MR) is 86.9 cm³/mol. The maximum Gasteiger partial charge on any atom is 0.228 e. The molecule has 3 rings (SSSR count). The van der Waals surface area contributed by atoms with Crippen molar-refractivity contribution in [2.75, 3.05) is 13.7 Å². The summed E-state index contributed by atoms with van der Waals surface area (Å²) in [5.74, 6) is 0.191. The molecule has 0 aromatic carbocycles. The molecule has 0 aliphatic carbocycles. The summed E-state index contributed by atoms with van der Waals surface area (Å²) in [4.78, 5) is 19.9. The van der Waals surface area contributed by atoms with Gasteiger partial charge < -0.3 is 9.64 Å². The van der Waals surface area contributed by atoms with Gasteiger partial charge in [0.05, 0.1) is 18.6 Å². The number of ether oxygens (including phenoxy) is 1. The molecule has 4 nitrogen and oxygen atoms in total. The normalized spacial score (nSPS) is 21.2. The van der Waals surface area contributed by atoms with Crippen molar-refractivity contribution >= 4 is 17.2 Å². The molecule has 0 bridgehead atoms. The van der Waals surface area contributed by atoms with E-state index in [-0.39, 0.29) is 18.1 Å². The SMILES string of the molecule is CO[C@@H]1CCN(C(=O)Cc2cccs2)[C@@H]1Cc1cccnc1. The lowest BCUT2D eigenvalue weighted by Crippen LogP contribution is -2.42. The van der Waals surface area contributed by atoms with Crippen LogP contribution in [-0.2, 0) is 22.4 Å². The Hall–Kier alpha value is -1.72. The first kappa shape index (κ1) is 15.2. The first-order valence-electron chi connectivity index (χ1n) is 7.51. The Labute approximate surface area is 134 Å². The van der Waals surface area contributed by atoms with Crippen molar-refractivity contribution in [2.24, 2.45) is 0 Å². The van der Waals surface area contributed by atoms with Gasteiger partial charge in [-0.3, -0.25) is 9.78 Å². The molecule has 0 saturated carbocycles. The molecule has 1 fully saturated rings. The van der Waals surface area contributed by atoms with Crippen molar-refractivity contribution in [3.63, 3.8) is 0 Å². The van der Waals surface area contributed by atoms with Crippen molar-refractivity contribution < 1.29 is 9.53 Å². The molecular weight excluding hydrogens is 296 g/mol. The summed E-state index contributed by atoms with van der Waals surface area (Å²) in [6.45, 7) is 0.771. The van der Waals surface area contributed by atoms with E-state index in [9.17, 15) is 4.79 Å². The van der Waals surface area contributed by atoms with E-state index in [4.69, 9.17) is 4.74 Å². The van der Waals surface area contributed by atoms with Crippen LogP contribution in [0, 0.1) is 0 Å². The number of likely N-dealkylation sites (tertiary alicyclic amines) is 1.